The minimum atomic E-state index is 0.00174. The molecule has 1 rings (SSSR count). The van der Waals surface area contributed by atoms with Gasteiger partial charge in [0.05, 0.1) is 0 Å². The van der Waals surface area contributed by atoms with Gasteiger partial charge >= 0.3 is 0 Å². The Bertz CT molecular complexity index is 325. The van der Waals surface area contributed by atoms with Gasteiger partial charge in [0, 0.05) is 10.0 Å². The molecule has 0 saturated carbocycles. The number of phenols is 1. The first-order valence-corrected chi connectivity index (χ1v) is 3.91. The largest absolute Gasteiger partial charge is 0.508 e. The van der Waals surface area contributed by atoms with Crippen LogP contribution in [0, 0.1) is 0 Å². The van der Waals surface area contributed by atoms with Crippen LogP contribution in [0.5, 0.6) is 5.75 Å². The van der Waals surface area contributed by atoms with Crippen LogP contribution < -0.4 is 5.73 Å². The lowest BCUT2D eigenvalue weighted by Crippen LogP contribution is -2.13. The summed E-state index contributed by atoms with van der Waals surface area (Å²) in [6.45, 7) is 0. The van der Waals surface area contributed by atoms with E-state index in [1.165, 1.54) is 12.1 Å². The zero-order valence-corrected chi connectivity index (χ0v) is 7.62. The average Bonchev–Trinajstić information content (AvgIpc) is 2.03. The molecule has 1 aromatic rings. The van der Waals surface area contributed by atoms with E-state index in [0.717, 1.165) is 0 Å². The Labute approximate surface area is 77.4 Å². The first-order valence-electron chi connectivity index (χ1n) is 3.11. The highest BCUT2D eigenvalue weighted by Gasteiger charge is 2.04. The number of nitrogens with zero attached hydrogens (tertiary/aromatic N) is 1. The van der Waals surface area contributed by atoms with E-state index in [9.17, 15) is 0 Å². The molecule has 0 saturated heterocycles. The summed E-state index contributed by atoms with van der Waals surface area (Å²) in [6.07, 6.45) is 0. The molecular formula is C7H7BrN2O2. The van der Waals surface area contributed by atoms with Crippen molar-refractivity contribution in [2.75, 3.05) is 0 Å². The second kappa shape index (κ2) is 3.44. The van der Waals surface area contributed by atoms with Gasteiger partial charge in [-0.3, -0.25) is 0 Å². The van der Waals surface area contributed by atoms with Crippen molar-refractivity contribution in [3.05, 3.63) is 28.2 Å². The van der Waals surface area contributed by atoms with Crippen LogP contribution in [0.1, 0.15) is 5.56 Å². The number of hydrogen-bond donors (Lipinski definition) is 3. The zero-order valence-electron chi connectivity index (χ0n) is 6.03. The summed E-state index contributed by atoms with van der Waals surface area (Å²) in [5.74, 6) is 0.123. The molecule has 64 valence electrons. The third kappa shape index (κ3) is 1.68. The summed E-state index contributed by atoms with van der Waals surface area (Å²) in [7, 11) is 0. The van der Waals surface area contributed by atoms with Gasteiger partial charge in [-0.25, -0.2) is 0 Å². The van der Waals surface area contributed by atoms with Crippen LogP contribution in [0.3, 0.4) is 0 Å². The summed E-state index contributed by atoms with van der Waals surface area (Å²) in [6, 6.07) is 4.47. The summed E-state index contributed by atoms with van der Waals surface area (Å²) < 4.78 is 0.581. The summed E-state index contributed by atoms with van der Waals surface area (Å²) in [5, 5.41) is 20.2. The van der Waals surface area contributed by atoms with Crippen LogP contribution in [0.15, 0.2) is 27.8 Å². The monoisotopic (exact) mass is 230 g/mol. The van der Waals surface area contributed by atoms with E-state index in [1.807, 2.05) is 0 Å². The summed E-state index contributed by atoms with van der Waals surface area (Å²) in [4.78, 5) is 0. The normalized spacial score (nSPS) is 11.6. The fourth-order valence-corrected chi connectivity index (χ4v) is 1.34. The Morgan fingerprint density at radius 1 is 1.50 bits per heavy atom. The Kier molecular flexibility index (Phi) is 2.54. The lowest BCUT2D eigenvalue weighted by molar-refractivity contribution is 0.318. The molecule has 0 aliphatic rings. The van der Waals surface area contributed by atoms with Crippen LogP contribution in [0.2, 0.25) is 0 Å². The summed E-state index contributed by atoms with van der Waals surface area (Å²) >= 11 is 3.16. The molecule has 0 aromatic heterocycles. The van der Waals surface area contributed by atoms with Gasteiger partial charge in [-0.05, 0) is 34.1 Å². The molecule has 0 aliphatic heterocycles. The molecule has 4 nitrogen and oxygen atoms in total. The zero-order chi connectivity index (χ0) is 9.14. The second-order valence-corrected chi connectivity index (χ2v) is 3.00. The lowest BCUT2D eigenvalue weighted by Gasteiger charge is -2.01. The highest BCUT2D eigenvalue weighted by molar-refractivity contribution is 9.10. The predicted molar refractivity (Wildman–Crippen MR) is 48.3 cm³/mol. The molecular weight excluding hydrogens is 224 g/mol. The van der Waals surface area contributed by atoms with E-state index in [4.69, 9.17) is 16.0 Å². The van der Waals surface area contributed by atoms with Crippen molar-refractivity contribution in [1.29, 1.82) is 0 Å². The predicted octanol–water partition coefficient (Wildman–Crippen LogP) is 1.25. The topological polar surface area (TPSA) is 78.8 Å². The highest BCUT2D eigenvalue weighted by atomic mass is 79.9. The number of aromatic hydroxyl groups is 1. The number of halogens is 1. The Hall–Kier alpha value is -1.23. The molecule has 0 aliphatic carbocycles. The molecule has 1 aromatic carbocycles. The number of rotatable bonds is 1. The van der Waals surface area contributed by atoms with Crippen molar-refractivity contribution in [3.8, 4) is 5.75 Å². The van der Waals surface area contributed by atoms with Gasteiger partial charge in [0.2, 0.25) is 0 Å². The van der Waals surface area contributed by atoms with Crippen molar-refractivity contribution in [2.45, 2.75) is 0 Å². The third-order valence-electron chi connectivity index (χ3n) is 1.34. The van der Waals surface area contributed by atoms with Crippen LogP contribution in [-0.4, -0.2) is 16.1 Å². The minimum Gasteiger partial charge on any atom is -0.508 e. The Morgan fingerprint density at radius 2 is 2.17 bits per heavy atom. The quantitative estimate of drug-likeness (QED) is 0.294. The Morgan fingerprint density at radius 3 is 2.67 bits per heavy atom. The van der Waals surface area contributed by atoms with Crippen LogP contribution in [0.4, 0.5) is 0 Å². The molecule has 0 radical (unpaired) electrons. The standard InChI is InChI=1S/C7H7BrN2O2/c8-6-3-4(11)1-2-5(6)7(9)10-12/h1-3,11-12H,(H2,9,10). The number of oxime groups is 1. The fraction of sp³-hybridized carbons (Fsp3) is 0. The van der Waals surface area contributed by atoms with Gasteiger partial charge in [-0.2, -0.15) is 0 Å². The van der Waals surface area contributed by atoms with Gasteiger partial charge in [0.1, 0.15) is 5.75 Å². The van der Waals surface area contributed by atoms with Crippen molar-refractivity contribution in [2.24, 2.45) is 10.9 Å². The van der Waals surface area contributed by atoms with E-state index in [2.05, 4.69) is 21.1 Å². The maximum absolute atomic E-state index is 9.02. The van der Waals surface area contributed by atoms with Crippen molar-refractivity contribution >= 4 is 21.8 Å². The van der Waals surface area contributed by atoms with E-state index >= 15 is 0 Å². The molecule has 0 amide bonds. The van der Waals surface area contributed by atoms with E-state index in [1.54, 1.807) is 6.07 Å². The molecule has 0 spiro atoms. The number of phenolic OH excluding ortho intramolecular Hbond substituents is 1. The highest BCUT2D eigenvalue weighted by Crippen LogP contribution is 2.21. The molecule has 0 unspecified atom stereocenters. The van der Waals surface area contributed by atoms with Crippen LogP contribution in [-0.2, 0) is 0 Å². The molecule has 0 fully saturated rings. The fourth-order valence-electron chi connectivity index (χ4n) is 0.766. The molecule has 4 N–H and O–H groups in total. The smallest absolute Gasteiger partial charge is 0.171 e. The SMILES string of the molecule is N/C(=N/O)c1ccc(O)cc1Br. The number of nitrogens with two attached hydrogens (primary N) is 1. The second-order valence-electron chi connectivity index (χ2n) is 2.15. The molecule has 0 bridgehead atoms. The third-order valence-corrected chi connectivity index (χ3v) is 1.99. The van der Waals surface area contributed by atoms with Gasteiger partial charge in [0.25, 0.3) is 0 Å². The van der Waals surface area contributed by atoms with Crippen molar-refractivity contribution in [1.82, 2.24) is 0 Å². The molecule has 12 heavy (non-hydrogen) atoms. The molecule has 5 heteroatoms. The minimum absolute atomic E-state index is 0.00174. The van der Waals surface area contributed by atoms with Gasteiger partial charge < -0.3 is 16.0 Å². The maximum Gasteiger partial charge on any atom is 0.171 e. The van der Waals surface area contributed by atoms with Crippen molar-refractivity contribution in [3.63, 3.8) is 0 Å². The van der Waals surface area contributed by atoms with Gasteiger partial charge in [-0.15, -0.1) is 0 Å². The lowest BCUT2D eigenvalue weighted by atomic mass is 10.2. The Balaban J connectivity index is 3.18. The number of benzene rings is 1. The maximum atomic E-state index is 9.02. The number of hydrogen-bond acceptors (Lipinski definition) is 3. The van der Waals surface area contributed by atoms with E-state index < -0.39 is 0 Å². The van der Waals surface area contributed by atoms with Gasteiger partial charge in [-0.1, -0.05) is 5.16 Å². The average molecular weight is 231 g/mol. The first-order chi connectivity index (χ1) is 5.65. The van der Waals surface area contributed by atoms with Crippen LogP contribution >= 0.6 is 15.9 Å². The van der Waals surface area contributed by atoms with E-state index in [0.29, 0.717) is 10.0 Å². The van der Waals surface area contributed by atoms with Crippen LogP contribution in [0.25, 0.3) is 0 Å². The molecule has 0 heterocycles. The van der Waals surface area contributed by atoms with Gasteiger partial charge in [0.15, 0.2) is 5.84 Å². The van der Waals surface area contributed by atoms with E-state index in [-0.39, 0.29) is 11.6 Å². The van der Waals surface area contributed by atoms with Crippen molar-refractivity contribution < 1.29 is 10.3 Å². The molecule has 0 atom stereocenters. The number of amidine groups is 1. The first kappa shape index (κ1) is 8.86. The summed E-state index contributed by atoms with van der Waals surface area (Å²) in [5.41, 5.74) is 5.87.